The summed E-state index contributed by atoms with van der Waals surface area (Å²) in [6, 6.07) is 2.15. The molecule has 4 heteroatoms. The van der Waals surface area contributed by atoms with Crippen LogP contribution >= 0.6 is 0 Å². The molecular formula is C14H19F2NO. The number of aryl methyl sites for hydroxylation is 1. The highest BCUT2D eigenvalue weighted by atomic mass is 19.1. The molecule has 1 fully saturated rings. The van der Waals surface area contributed by atoms with Gasteiger partial charge in [0, 0.05) is 24.8 Å². The second-order valence-electron chi connectivity index (χ2n) is 4.99. The largest absolute Gasteiger partial charge is 0.381 e. The number of nitrogens with two attached hydrogens (primary N) is 1. The van der Waals surface area contributed by atoms with Gasteiger partial charge in [0.05, 0.1) is 0 Å². The summed E-state index contributed by atoms with van der Waals surface area (Å²) in [6.07, 6.45) is 2.45. The van der Waals surface area contributed by atoms with E-state index < -0.39 is 17.7 Å². The molecule has 0 amide bonds. The average Bonchev–Trinajstić information content (AvgIpc) is 2.36. The summed E-state index contributed by atoms with van der Waals surface area (Å²) in [5.74, 6) is -0.653. The van der Waals surface area contributed by atoms with Gasteiger partial charge < -0.3 is 10.5 Å². The molecule has 1 saturated heterocycles. The summed E-state index contributed by atoms with van der Waals surface area (Å²) in [7, 11) is 0. The fourth-order valence-electron chi connectivity index (χ4n) is 2.48. The topological polar surface area (TPSA) is 35.2 Å². The van der Waals surface area contributed by atoms with Crippen molar-refractivity contribution in [3.63, 3.8) is 0 Å². The maximum absolute atomic E-state index is 13.9. The zero-order valence-electron chi connectivity index (χ0n) is 10.6. The maximum Gasteiger partial charge on any atom is 0.133 e. The van der Waals surface area contributed by atoms with Crippen molar-refractivity contribution in [2.75, 3.05) is 13.2 Å². The Morgan fingerprint density at radius 2 is 2.00 bits per heavy atom. The zero-order chi connectivity index (χ0) is 13.1. The molecule has 1 aliphatic rings. The van der Waals surface area contributed by atoms with Crippen molar-refractivity contribution in [3.8, 4) is 0 Å². The molecule has 1 atom stereocenters. The Balaban J connectivity index is 2.12. The van der Waals surface area contributed by atoms with E-state index in [4.69, 9.17) is 10.5 Å². The molecule has 0 spiro atoms. The Kier molecular flexibility index (Phi) is 4.30. The third-order valence-corrected chi connectivity index (χ3v) is 3.62. The summed E-state index contributed by atoms with van der Waals surface area (Å²) in [5.41, 5.74) is 6.44. The predicted molar refractivity (Wildman–Crippen MR) is 66.2 cm³/mol. The van der Waals surface area contributed by atoms with Gasteiger partial charge in [-0.05, 0) is 43.7 Å². The van der Waals surface area contributed by atoms with Crippen molar-refractivity contribution in [3.05, 3.63) is 34.9 Å². The first-order valence-corrected chi connectivity index (χ1v) is 6.37. The molecule has 1 heterocycles. The third kappa shape index (κ3) is 2.87. The van der Waals surface area contributed by atoms with Crippen molar-refractivity contribution in [2.45, 2.75) is 32.2 Å². The van der Waals surface area contributed by atoms with Gasteiger partial charge in [0.25, 0.3) is 0 Å². The van der Waals surface area contributed by atoms with Gasteiger partial charge in [0.15, 0.2) is 0 Å². The van der Waals surface area contributed by atoms with Gasteiger partial charge in [-0.15, -0.1) is 0 Å². The van der Waals surface area contributed by atoms with Crippen LogP contribution in [0.1, 0.15) is 36.4 Å². The molecule has 1 aromatic carbocycles. The van der Waals surface area contributed by atoms with Gasteiger partial charge in [-0.3, -0.25) is 0 Å². The average molecular weight is 255 g/mol. The van der Waals surface area contributed by atoms with Crippen molar-refractivity contribution in [1.29, 1.82) is 0 Å². The van der Waals surface area contributed by atoms with Gasteiger partial charge in [-0.2, -0.15) is 0 Å². The summed E-state index contributed by atoms with van der Waals surface area (Å²) in [5, 5.41) is 0. The lowest BCUT2D eigenvalue weighted by Crippen LogP contribution is -2.23. The molecule has 2 nitrogen and oxygen atoms in total. The molecule has 0 saturated carbocycles. The fourth-order valence-corrected chi connectivity index (χ4v) is 2.48. The second kappa shape index (κ2) is 5.76. The van der Waals surface area contributed by atoms with Crippen LogP contribution in [-0.4, -0.2) is 13.2 Å². The SMILES string of the molecule is Cc1ccc(F)c(C(N)CC2CCOCC2)c1F. The van der Waals surface area contributed by atoms with Crippen LogP contribution in [-0.2, 0) is 4.74 Å². The van der Waals surface area contributed by atoms with E-state index in [2.05, 4.69) is 0 Å². The Bertz CT molecular complexity index is 417. The van der Waals surface area contributed by atoms with Crippen LogP contribution in [0.4, 0.5) is 8.78 Å². The molecule has 0 aromatic heterocycles. The van der Waals surface area contributed by atoms with Crippen LogP contribution < -0.4 is 5.73 Å². The molecule has 0 aliphatic carbocycles. The summed E-state index contributed by atoms with van der Waals surface area (Å²) in [4.78, 5) is 0. The molecular weight excluding hydrogens is 236 g/mol. The molecule has 0 bridgehead atoms. The highest BCUT2D eigenvalue weighted by Gasteiger charge is 2.23. The Labute approximate surface area is 106 Å². The monoisotopic (exact) mass is 255 g/mol. The lowest BCUT2D eigenvalue weighted by Gasteiger charge is -2.25. The van der Waals surface area contributed by atoms with Gasteiger partial charge in [0.2, 0.25) is 0 Å². The van der Waals surface area contributed by atoms with E-state index in [0.717, 1.165) is 26.1 Å². The number of benzene rings is 1. The molecule has 0 radical (unpaired) electrons. The van der Waals surface area contributed by atoms with Gasteiger partial charge in [-0.25, -0.2) is 8.78 Å². The van der Waals surface area contributed by atoms with Crippen molar-refractivity contribution in [1.82, 2.24) is 0 Å². The van der Waals surface area contributed by atoms with E-state index in [1.54, 1.807) is 6.92 Å². The van der Waals surface area contributed by atoms with E-state index in [1.165, 1.54) is 12.1 Å². The number of ether oxygens (including phenoxy) is 1. The second-order valence-corrected chi connectivity index (χ2v) is 4.99. The number of hydrogen-bond acceptors (Lipinski definition) is 2. The van der Waals surface area contributed by atoms with E-state index in [1.807, 2.05) is 0 Å². The predicted octanol–water partition coefficient (Wildman–Crippen LogP) is 3.09. The van der Waals surface area contributed by atoms with E-state index in [0.29, 0.717) is 17.9 Å². The van der Waals surface area contributed by atoms with Crippen LogP contribution in [0.15, 0.2) is 12.1 Å². The highest BCUT2D eigenvalue weighted by Crippen LogP contribution is 2.29. The molecule has 2 N–H and O–H groups in total. The minimum atomic E-state index is -0.576. The quantitative estimate of drug-likeness (QED) is 0.900. The first-order chi connectivity index (χ1) is 8.59. The lowest BCUT2D eigenvalue weighted by atomic mass is 9.89. The van der Waals surface area contributed by atoms with E-state index in [-0.39, 0.29) is 5.56 Å². The Morgan fingerprint density at radius 3 is 2.67 bits per heavy atom. The Morgan fingerprint density at radius 1 is 1.33 bits per heavy atom. The third-order valence-electron chi connectivity index (χ3n) is 3.62. The zero-order valence-corrected chi connectivity index (χ0v) is 10.6. The van der Waals surface area contributed by atoms with Crippen LogP contribution in [0.2, 0.25) is 0 Å². The molecule has 18 heavy (non-hydrogen) atoms. The van der Waals surface area contributed by atoms with E-state index in [9.17, 15) is 8.78 Å². The summed E-state index contributed by atoms with van der Waals surface area (Å²) < 4.78 is 32.9. The summed E-state index contributed by atoms with van der Waals surface area (Å²) in [6.45, 7) is 3.06. The van der Waals surface area contributed by atoms with Crippen LogP contribution in [0.5, 0.6) is 0 Å². The maximum atomic E-state index is 13.9. The van der Waals surface area contributed by atoms with Crippen LogP contribution in [0.3, 0.4) is 0 Å². The van der Waals surface area contributed by atoms with E-state index >= 15 is 0 Å². The smallest absolute Gasteiger partial charge is 0.133 e. The first kappa shape index (κ1) is 13.4. The molecule has 1 unspecified atom stereocenters. The first-order valence-electron chi connectivity index (χ1n) is 6.37. The van der Waals surface area contributed by atoms with Crippen LogP contribution in [0, 0.1) is 24.5 Å². The molecule has 1 aromatic rings. The Hall–Kier alpha value is -1.00. The minimum Gasteiger partial charge on any atom is -0.381 e. The molecule has 100 valence electrons. The number of hydrogen-bond donors (Lipinski definition) is 1. The minimum absolute atomic E-state index is 0.0292. The van der Waals surface area contributed by atoms with Crippen molar-refractivity contribution >= 4 is 0 Å². The molecule has 1 aliphatic heterocycles. The highest BCUT2D eigenvalue weighted by molar-refractivity contribution is 5.29. The fraction of sp³-hybridized carbons (Fsp3) is 0.571. The van der Waals surface area contributed by atoms with Crippen molar-refractivity contribution < 1.29 is 13.5 Å². The normalized spacial score (nSPS) is 18.9. The standard InChI is InChI=1S/C14H19F2NO/c1-9-2-3-11(15)13(14(9)16)12(17)8-10-4-6-18-7-5-10/h2-3,10,12H,4-8,17H2,1H3. The number of halogens is 2. The summed E-state index contributed by atoms with van der Waals surface area (Å²) >= 11 is 0. The number of rotatable bonds is 3. The molecule has 2 rings (SSSR count). The van der Waals surface area contributed by atoms with Gasteiger partial charge in [-0.1, -0.05) is 6.07 Å². The van der Waals surface area contributed by atoms with Gasteiger partial charge >= 0.3 is 0 Å². The van der Waals surface area contributed by atoms with Crippen molar-refractivity contribution in [2.24, 2.45) is 11.7 Å². The lowest BCUT2D eigenvalue weighted by molar-refractivity contribution is 0.0616. The van der Waals surface area contributed by atoms with Crippen LogP contribution in [0.25, 0.3) is 0 Å². The van der Waals surface area contributed by atoms with Gasteiger partial charge in [0.1, 0.15) is 11.6 Å².